The molecule has 0 aromatic heterocycles. The standard InChI is InChI=1S/C14H20N2O4S/c1-3-16(10-5-4-6-11(17)9-10)14(20)15-12(13(18)19)7-8-21-2/h4-6,9,12,17H,3,7-8H2,1-2H3,(H,15,20)(H,18,19). The van der Waals surface area contributed by atoms with E-state index in [0.717, 1.165) is 0 Å². The third-order valence-electron chi connectivity index (χ3n) is 2.91. The fourth-order valence-corrected chi connectivity index (χ4v) is 2.30. The summed E-state index contributed by atoms with van der Waals surface area (Å²) < 4.78 is 0. The predicted molar refractivity (Wildman–Crippen MR) is 84.1 cm³/mol. The van der Waals surface area contributed by atoms with E-state index in [0.29, 0.717) is 24.4 Å². The Labute approximate surface area is 128 Å². The molecule has 21 heavy (non-hydrogen) atoms. The minimum absolute atomic E-state index is 0.0518. The molecule has 1 aromatic rings. The smallest absolute Gasteiger partial charge is 0.326 e. The summed E-state index contributed by atoms with van der Waals surface area (Å²) in [5, 5.41) is 21.1. The molecule has 7 heteroatoms. The van der Waals surface area contributed by atoms with Crippen LogP contribution in [0.1, 0.15) is 13.3 Å². The van der Waals surface area contributed by atoms with Gasteiger partial charge in [-0.15, -0.1) is 0 Å². The van der Waals surface area contributed by atoms with E-state index in [-0.39, 0.29) is 5.75 Å². The van der Waals surface area contributed by atoms with E-state index in [4.69, 9.17) is 5.11 Å². The lowest BCUT2D eigenvalue weighted by atomic mass is 10.2. The molecule has 1 rings (SSSR count). The highest BCUT2D eigenvalue weighted by molar-refractivity contribution is 7.98. The van der Waals surface area contributed by atoms with Crippen molar-refractivity contribution in [3.05, 3.63) is 24.3 Å². The summed E-state index contributed by atoms with van der Waals surface area (Å²) in [6.45, 7) is 2.14. The van der Waals surface area contributed by atoms with Crippen LogP contribution in [0.4, 0.5) is 10.5 Å². The Balaban J connectivity index is 2.80. The number of phenolic OH excluding ortho intramolecular Hbond substituents is 1. The lowest BCUT2D eigenvalue weighted by Gasteiger charge is -2.24. The lowest BCUT2D eigenvalue weighted by Crippen LogP contribution is -2.48. The van der Waals surface area contributed by atoms with Crippen molar-refractivity contribution < 1.29 is 19.8 Å². The molecule has 0 fully saturated rings. The Morgan fingerprint density at radius 1 is 1.43 bits per heavy atom. The number of carbonyl (C=O) groups excluding carboxylic acids is 1. The molecule has 1 aromatic carbocycles. The van der Waals surface area contributed by atoms with Crippen LogP contribution in [0.2, 0.25) is 0 Å². The number of anilines is 1. The summed E-state index contributed by atoms with van der Waals surface area (Å²) in [6.07, 6.45) is 2.24. The van der Waals surface area contributed by atoms with Crippen LogP contribution in [0.5, 0.6) is 5.75 Å². The van der Waals surface area contributed by atoms with Gasteiger partial charge in [0.1, 0.15) is 11.8 Å². The Bertz CT molecular complexity index is 496. The number of thioether (sulfide) groups is 1. The number of carboxylic acid groups (broad SMARTS) is 1. The lowest BCUT2D eigenvalue weighted by molar-refractivity contribution is -0.139. The van der Waals surface area contributed by atoms with Crippen LogP contribution in [0.15, 0.2) is 24.3 Å². The number of nitrogens with one attached hydrogen (secondary N) is 1. The van der Waals surface area contributed by atoms with Gasteiger partial charge in [0.2, 0.25) is 0 Å². The summed E-state index contributed by atoms with van der Waals surface area (Å²) in [7, 11) is 0. The molecule has 0 aliphatic carbocycles. The predicted octanol–water partition coefficient (Wildman–Crippen LogP) is 2.13. The van der Waals surface area contributed by atoms with Crippen LogP contribution in [0.25, 0.3) is 0 Å². The van der Waals surface area contributed by atoms with Crippen molar-refractivity contribution in [3.63, 3.8) is 0 Å². The van der Waals surface area contributed by atoms with Crippen molar-refractivity contribution in [2.24, 2.45) is 0 Å². The molecule has 6 nitrogen and oxygen atoms in total. The maximum absolute atomic E-state index is 12.2. The van der Waals surface area contributed by atoms with Crippen molar-refractivity contribution in [3.8, 4) is 5.75 Å². The molecule has 0 saturated carbocycles. The second kappa shape index (κ2) is 8.41. The third kappa shape index (κ3) is 5.18. The van der Waals surface area contributed by atoms with E-state index in [1.165, 1.54) is 28.8 Å². The first kappa shape index (κ1) is 17.2. The zero-order valence-corrected chi connectivity index (χ0v) is 12.9. The molecule has 0 heterocycles. The second-order valence-electron chi connectivity index (χ2n) is 4.39. The molecule has 116 valence electrons. The summed E-state index contributed by atoms with van der Waals surface area (Å²) >= 11 is 1.53. The molecule has 0 bridgehead atoms. The van der Waals surface area contributed by atoms with Crippen molar-refractivity contribution in [2.75, 3.05) is 23.5 Å². The number of carbonyl (C=O) groups is 2. The van der Waals surface area contributed by atoms with Crippen molar-refractivity contribution in [1.82, 2.24) is 5.32 Å². The first-order valence-corrected chi connectivity index (χ1v) is 7.97. The summed E-state index contributed by atoms with van der Waals surface area (Å²) in [6, 6.07) is 4.87. The number of aliphatic carboxylic acids is 1. The number of hydrogen-bond donors (Lipinski definition) is 3. The zero-order chi connectivity index (χ0) is 15.8. The van der Waals surface area contributed by atoms with Crippen molar-refractivity contribution >= 4 is 29.4 Å². The maximum atomic E-state index is 12.2. The van der Waals surface area contributed by atoms with E-state index in [1.807, 2.05) is 6.26 Å². The van der Waals surface area contributed by atoms with E-state index in [9.17, 15) is 14.7 Å². The normalized spacial score (nSPS) is 11.7. The Morgan fingerprint density at radius 2 is 2.14 bits per heavy atom. The molecule has 0 aliphatic heterocycles. The highest BCUT2D eigenvalue weighted by Gasteiger charge is 2.23. The van der Waals surface area contributed by atoms with E-state index >= 15 is 0 Å². The van der Waals surface area contributed by atoms with Crippen LogP contribution >= 0.6 is 11.8 Å². The number of hydrogen-bond acceptors (Lipinski definition) is 4. The quantitative estimate of drug-likeness (QED) is 0.717. The first-order chi connectivity index (χ1) is 9.99. The Kier molecular flexibility index (Phi) is 6.87. The van der Waals surface area contributed by atoms with Crippen LogP contribution < -0.4 is 10.2 Å². The van der Waals surface area contributed by atoms with Gasteiger partial charge >= 0.3 is 12.0 Å². The van der Waals surface area contributed by atoms with Crippen LogP contribution in [0.3, 0.4) is 0 Å². The van der Waals surface area contributed by atoms with Gasteiger partial charge in [-0.1, -0.05) is 6.07 Å². The third-order valence-corrected chi connectivity index (χ3v) is 3.55. The van der Waals surface area contributed by atoms with Crippen LogP contribution in [-0.2, 0) is 4.79 Å². The number of nitrogens with zero attached hydrogens (tertiary/aromatic N) is 1. The highest BCUT2D eigenvalue weighted by Crippen LogP contribution is 2.20. The molecule has 2 amide bonds. The molecule has 0 radical (unpaired) electrons. The maximum Gasteiger partial charge on any atom is 0.326 e. The minimum atomic E-state index is -1.05. The molecule has 0 spiro atoms. The molecule has 0 saturated heterocycles. The van der Waals surface area contributed by atoms with Gasteiger partial charge in [-0.2, -0.15) is 11.8 Å². The zero-order valence-electron chi connectivity index (χ0n) is 12.1. The van der Waals surface area contributed by atoms with Gasteiger partial charge in [0.15, 0.2) is 0 Å². The summed E-state index contributed by atoms with van der Waals surface area (Å²) in [5.74, 6) is -0.351. The van der Waals surface area contributed by atoms with E-state index in [2.05, 4.69) is 5.32 Å². The average Bonchev–Trinajstić information content (AvgIpc) is 2.44. The van der Waals surface area contributed by atoms with E-state index < -0.39 is 18.0 Å². The number of urea groups is 1. The van der Waals surface area contributed by atoms with Gasteiger partial charge in [-0.3, -0.25) is 4.90 Å². The monoisotopic (exact) mass is 312 g/mol. The molecule has 3 N–H and O–H groups in total. The second-order valence-corrected chi connectivity index (χ2v) is 5.37. The molecule has 1 unspecified atom stereocenters. The topological polar surface area (TPSA) is 89.9 Å². The van der Waals surface area contributed by atoms with Gasteiger partial charge < -0.3 is 15.5 Å². The van der Waals surface area contributed by atoms with Crippen molar-refractivity contribution in [1.29, 1.82) is 0 Å². The fraction of sp³-hybridized carbons (Fsp3) is 0.429. The number of amides is 2. The molecule has 1 atom stereocenters. The number of rotatable bonds is 7. The molecular formula is C14H20N2O4S. The summed E-state index contributed by atoms with van der Waals surface area (Å²) in [5.41, 5.74) is 0.518. The van der Waals surface area contributed by atoms with Gasteiger partial charge in [0.25, 0.3) is 0 Å². The van der Waals surface area contributed by atoms with Crippen LogP contribution in [0, 0.1) is 0 Å². The summed E-state index contributed by atoms with van der Waals surface area (Å²) in [4.78, 5) is 24.8. The van der Waals surface area contributed by atoms with Gasteiger partial charge in [-0.25, -0.2) is 9.59 Å². The number of benzene rings is 1. The largest absolute Gasteiger partial charge is 0.508 e. The SMILES string of the molecule is CCN(C(=O)NC(CCSC)C(=O)O)c1cccc(O)c1. The molecule has 0 aliphatic rings. The first-order valence-electron chi connectivity index (χ1n) is 6.58. The van der Waals surface area contributed by atoms with Crippen LogP contribution in [-0.4, -0.2) is 46.8 Å². The highest BCUT2D eigenvalue weighted by atomic mass is 32.2. The minimum Gasteiger partial charge on any atom is -0.508 e. The van der Waals surface area contributed by atoms with Gasteiger partial charge in [0.05, 0.1) is 0 Å². The van der Waals surface area contributed by atoms with Gasteiger partial charge in [-0.05, 0) is 37.5 Å². The van der Waals surface area contributed by atoms with Crippen molar-refractivity contribution in [2.45, 2.75) is 19.4 Å². The Hall–Kier alpha value is -1.89. The fourth-order valence-electron chi connectivity index (χ4n) is 1.82. The van der Waals surface area contributed by atoms with E-state index in [1.54, 1.807) is 19.1 Å². The molecular weight excluding hydrogens is 292 g/mol. The number of phenols is 1. The number of aromatic hydroxyl groups is 1. The van der Waals surface area contributed by atoms with Gasteiger partial charge in [0, 0.05) is 18.3 Å². The Morgan fingerprint density at radius 3 is 2.67 bits per heavy atom. The average molecular weight is 312 g/mol. The number of carboxylic acids is 1.